The molecule has 1 aliphatic rings. The molecule has 0 unspecified atom stereocenters. The summed E-state index contributed by atoms with van der Waals surface area (Å²) < 4.78 is 5.30. The maximum atomic E-state index is 6.05. The van der Waals surface area contributed by atoms with Crippen molar-refractivity contribution in [2.45, 2.75) is 25.3 Å². The van der Waals surface area contributed by atoms with E-state index in [-0.39, 0.29) is 6.04 Å². The Morgan fingerprint density at radius 3 is 3.00 bits per heavy atom. The number of hydrogen-bond acceptors (Lipinski definition) is 2. The molecule has 2 N–H and O–H groups in total. The Labute approximate surface area is 89.0 Å². The highest BCUT2D eigenvalue weighted by Gasteiger charge is 2.21. The number of nitrogens with two attached hydrogens (primary N) is 1. The van der Waals surface area contributed by atoms with E-state index in [0.29, 0.717) is 0 Å². The first kappa shape index (κ1) is 9.81. The molecular weight excluding hydrogens is 198 g/mol. The molecule has 0 amide bonds. The quantitative estimate of drug-likeness (QED) is 0.775. The van der Waals surface area contributed by atoms with E-state index >= 15 is 0 Å². The van der Waals surface area contributed by atoms with Gasteiger partial charge in [0.15, 0.2) is 0 Å². The van der Waals surface area contributed by atoms with Crippen LogP contribution >= 0.6 is 11.6 Å². The molecule has 0 heterocycles. The lowest BCUT2D eigenvalue weighted by molar-refractivity contribution is 0.399. The summed E-state index contributed by atoms with van der Waals surface area (Å²) in [6.45, 7) is 0. The minimum absolute atomic E-state index is 0.103. The molecule has 0 radical (unpaired) electrons. The van der Waals surface area contributed by atoms with Crippen molar-refractivity contribution in [3.05, 3.63) is 28.3 Å². The van der Waals surface area contributed by atoms with Crippen LogP contribution in [-0.2, 0) is 6.42 Å². The Morgan fingerprint density at radius 2 is 2.29 bits per heavy atom. The first-order chi connectivity index (χ1) is 6.72. The fourth-order valence-electron chi connectivity index (χ4n) is 2.10. The molecule has 2 nitrogen and oxygen atoms in total. The van der Waals surface area contributed by atoms with E-state index < -0.39 is 0 Å². The first-order valence-electron chi connectivity index (χ1n) is 4.84. The second-order valence-electron chi connectivity index (χ2n) is 3.68. The van der Waals surface area contributed by atoms with Gasteiger partial charge in [0.05, 0.1) is 7.11 Å². The topological polar surface area (TPSA) is 35.2 Å². The molecule has 0 spiro atoms. The number of methoxy groups -OCH3 is 1. The Balaban J connectivity index is 2.55. The Kier molecular flexibility index (Phi) is 2.66. The van der Waals surface area contributed by atoms with Crippen molar-refractivity contribution in [3.8, 4) is 5.75 Å². The number of benzene rings is 1. The van der Waals surface area contributed by atoms with E-state index in [0.717, 1.165) is 35.6 Å². The molecule has 3 heteroatoms. The fourth-order valence-corrected chi connectivity index (χ4v) is 2.33. The Hall–Kier alpha value is -0.730. The first-order valence-corrected chi connectivity index (χ1v) is 5.22. The zero-order valence-corrected chi connectivity index (χ0v) is 8.97. The summed E-state index contributed by atoms with van der Waals surface area (Å²) in [5, 5.41) is 0.731. The third kappa shape index (κ3) is 1.60. The summed E-state index contributed by atoms with van der Waals surface area (Å²) in [6, 6.07) is 3.94. The lowest BCUT2D eigenvalue weighted by atomic mass is 9.87. The molecule has 2 rings (SSSR count). The highest BCUT2D eigenvalue weighted by Crippen LogP contribution is 2.37. The van der Waals surface area contributed by atoms with Gasteiger partial charge in [-0.3, -0.25) is 0 Å². The molecule has 14 heavy (non-hydrogen) atoms. The summed E-state index contributed by atoms with van der Waals surface area (Å²) in [5.41, 5.74) is 8.44. The van der Waals surface area contributed by atoms with Crippen LogP contribution in [0, 0.1) is 0 Å². The van der Waals surface area contributed by atoms with Crippen molar-refractivity contribution in [2.24, 2.45) is 5.73 Å². The van der Waals surface area contributed by atoms with Crippen molar-refractivity contribution >= 4 is 11.6 Å². The molecule has 1 aromatic rings. The molecule has 0 aliphatic heterocycles. The van der Waals surface area contributed by atoms with Crippen molar-refractivity contribution < 1.29 is 4.74 Å². The van der Waals surface area contributed by atoms with Gasteiger partial charge in [-0.1, -0.05) is 11.6 Å². The van der Waals surface area contributed by atoms with Gasteiger partial charge < -0.3 is 10.5 Å². The summed E-state index contributed by atoms with van der Waals surface area (Å²) >= 11 is 5.99. The van der Waals surface area contributed by atoms with Crippen LogP contribution in [0.5, 0.6) is 5.75 Å². The number of rotatable bonds is 1. The summed E-state index contributed by atoms with van der Waals surface area (Å²) in [7, 11) is 1.66. The molecule has 0 fully saturated rings. The minimum atomic E-state index is 0.103. The SMILES string of the molecule is COc1cc(Cl)cc2c1[C@@H](N)CCC2. The van der Waals surface area contributed by atoms with E-state index in [9.17, 15) is 0 Å². The molecule has 1 aromatic carbocycles. The highest BCUT2D eigenvalue weighted by molar-refractivity contribution is 6.30. The molecule has 1 aliphatic carbocycles. The standard InChI is InChI=1S/C11H14ClNO/c1-14-10-6-8(12)5-7-3-2-4-9(13)11(7)10/h5-6,9H,2-4,13H2,1H3/t9-/m0/s1. The molecule has 0 aromatic heterocycles. The minimum Gasteiger partial charge on any atom is -0.496 e. The predicted octanol–water partition coefficient (Wildman–Crippen LogP) is 2.68. The number of halogens is 1. The maximum absolute atomic E-state index is 6.05. The van der Waals surface area contributed by atoms with Gasteiger partial charge in [0.1, 0.15) is 5.75 Å². The predicted molar refractivity (Wildman–Crippen MR) is 57.9 cm³/mol. The van der Waals surface area contributed by atoms with Crippen LogP contribution in [0.4, 0.5) is 0 Å². The number of ether oxygens (including phenoxy) is 1. The van der Waals surface area contributed by atoms with Gasteiger partial charge in [0, 0.05) is 16.6 Å². The number of hydrogen-bond donors (Lipinski definition) is 1. The van der Waals surface area contributed by atoms with Crippen molar-refractivity contribution in [2.75, 3.05) is 7.11 Å². The Bertz CT molecular complexity index is 334. The van der Waals surface area contributed by atoms with Gasteiger partial charge in [-0.25, -0.2) is 0 Å². The van der Waals surface area contributed by atoms with E-state index in [1.54, 1.807) is 7.11 Å². The zero-order chi connectivity index (χ0) is 10.1. The van der Waals surface area contributed by atoms with Crippen LogP contribution < -0.4 is 10.5 Å². The summed E-state index contributed by atoms with van der Waals surface area (Å²) in [6.07, 6.45) is 3.22. The molecule has 76 valence electrons. The monoisotopic (exact) mass is 211 g/mol. The smallest absolute Gasteiger partial charge is 0.125 e. The van der Waals surface area contributed by atoms with Gasteiger partial charge >= 0.3 is 0 Å². The second-order valence-corrected chi connectivity index (χ2v) is 4.12. The molecule has 1 atom stereocenters. The van der Waals surface area contributed by atoms with Crippen LogP contribution in [0.1, 0.15) is 30.0 Å². The molecule has 0 bridgehead atoms. The normalized spacial score (nSPS) is 20.4. The average molecular weight is 212 g/mol. The second kappa shape index (κ2) is 3.79. The summed E-state index contributed by atoms with van der Waals surface area (Å²) in [4.78, 5) is 0. The summed E-state index contributed by atoms with van der Waals surface area (Å²) in [5.74, 6) is 0.833. The van der Waals surface area contributed by atoms with Gasteiger partial charge in [-0.15, -0.1) is 0 Å². The maximum Gasteiger partial charge on any atom is 0.125 e. The lowest BCUT2D eigenvalue weighted by Crippen LogP contribution is -2.18. The fraction of sp³-hybridized carbons (Fsp3) is 0.455. The Morgan fingerprint density at radius 1 is 1.50 bits per heavy atom. The number of fused-ring (bicyclic) bond motifs is 1. The van der Waals surface area contributed by atoms with Gasteiger partial charge in [0.25, 0.3) is 0 Å². The van der Waals surface area contributed by atoms with Gasteiger partial charge in [-0.05, 0) is 37.0 Å². The third-order valence-corrected chi connectivity index (χ3v) is 2.96. The van der Waals surface area contributed by atoms with Crippen molar-refractivity contribution in [3.63, 3.8) is 0 Å². The molecule has 0 saturated heterocycles. The van der Waals surface area contributed by atoms with Crippen molar-refractivity contribution in [1.29, 1.82) is 0 Å². The lowest BCUT2D eigenvalue weighted by Gasteiger charge is -2.24. The van der Waals surface area contributed by atoms with E-state index in [1.807, 2.05) is 12.1 Å². The highest BCUT2D eigenvalue weighted by atomic mass is 35.5. The van der Waals surface area contributed by atoms with Crippen LogP contribution in [-0.4, -0.2) is 7.11 Å². The molecular formula is C11H14ClNO. The number of aryl methyl sites for hydroxylation is 1. The largest absolute Gasteiger partial charge is 0.496 e. The average Bonchev–Trinajstić information content (AvgIpc) is 2.16. The van der Waals surface area contributed by atoms with E-state index in [2.05, 4.69) is 0 Å². The van der Waals surface area contributed by atoms with Crippen LogP contribution in [0.3, 0.4) is 0 Å². The third-order valence-electron chi connectivity index (χ3n) is 2.74. The van der Waals surface area contributed by atoms with E-state index in [4.69, 9.17) is 22.1 Å². The zero-order valence-electron chi connectivity index (χ0n) is 8.22. The molecule has 0 saturated carbocycles. The van der Waals surface area contributed by atoms with Crippen LogP contribution in [0.2, 0.25) is 5.02 Å². The van der Waals surface area contributed by atoms with Gasteiger partial charge in [-0.2, -0.15) is 0 Å². The van der Waals surface area contributed by atoms with Crippen LogP contribution in [0.25, 0.3) is 0 Å². The van der Waals surface area contributed by atoms with E-state index in [1.165, 1.54) is 5.56 Å². The van der Waals surface area contributed by atoms with Crippen LogP contribution in [0.15, 0.2) is 12.1 Å². The van der Waals surface area contributed by atoms with Crippen molar-refractivity contribution in [1.82, 2.24) is 0 Å². The van der Waals surface area contributed by atoms with Gasteiger partial charge in [0.2, 0.25) is 0 Å².